The SMILES string of the molecule is O=CN1CC(Cl)C(O)C(O)C1(O)c1cc2ccccc2s1. The molecule has 3 rings (SSSR count). The van der Waals surface area contributed by atoms with Gasteiger partial charge in [-0.3, -0.25) is 4.79 Å². The molecule has 1 aromatic heterocycles. The number of carbonyl (C=O) groups is 1. The summed E-state index contributed by atoms with van der Waals surface area (Å²) in [5.41, 5.74) is -1.98. The lowest BCUT2D eigenvalue weighted by Gasteiger charge is -2.47. The van der Waals surface area contributed by atoms with Gasteiger partial charge in [-0.25, -0.2) is 0 Å². The smallest absolute Gasteiger partial charge is 0.212 e. The summed E-state index contributed by atoms with van der Waals surface area (Å²) < 4.78 is 0.918. The van der Waals surface area contributed by atoms with Gasteiger partial charge in [0.2, 0.25) is 12.1 Å². The second kappa shape index (κ2) is 5.23. The molecule has 1 amide bonds. The maximum absolute atomic E-state index is 11.3. The third kappa shape index (κ3) is 2.15. The number of halogens is 1. The summed E-state index contributed by atoms with van der Waals surface area (Å²) in [4.78, 5) is 12.7. The number of amides is 1. The number of likely N-dealkylation sites (tertiary alicyclic amines) is 1. The molecule has 1 aromatic carbocycles. The lowest BCUT2D eigenvalue weighted by atomic mass is 9.91. The molecule has 0 saturated carbocycles. The van der Waals surface area contributed by atoms with Crippen LogP contribution in [0.4, 0.5) is 0 Å². The highest BCUT2D eigenvalue weighted by Crippen LogP contribution is 2.41. The Bertz CT molecular complexity index is 645. The zero-order valence-corrected chi connectivity index (χ0v) is 12.5. The number of thiophene rings is 1. The Kier molecular flexibility index (Phi) is 3.67. The van der Waals surface area contributed by atoms with Crippen LogP contribution in [0, 0.1) is 0 Å². The van der Waals surface area contributed by atoms with Crippen molar-refractivity contribution in [1.82, 2.24) is 4.90 Å². The molecule has 5 nitrogen and oxygen atoms in total. The van der Waals surface area contributed by atoms with Gasteiger partial charge in [-0.05, 0) is 17.5 Å². The molecule has 2 aromatic rings. The molecule has 0 spiro atoms. The van der Waals surface area contributed by atoms with Gasteiger partial charge in [0, 0.05) is 11.2 Å². The number of carbonyl (C=O) groups excluding carboxylic acids is 1. The van der Waals surface area contributed by atoms with Gasteiger partial charge < -0.3 is 20.2 Å². The van der Waals surface area contributed by atoms with Crippen molar-refractivity contribution < 1.29 is 20.1 Å². The molecule has 1 fully saturated rings. The van der Waals surface area contributed by atoms with Crippen LogP contribution in [-0.4, -0.2) is 50.8 Å². The number of hydrogen-bond donors (Lipinski definition) is 3. The standard InChI is InChI=1S/C14H14ClNO4S/c15-9-6-16(7-17)14(20,13(19)12(9)18)11-5-8-3-1-2-4-10(8)21-11/h1-5,7,9,12-13,18-20H,6H2. The van der Waals surface area contributed by atoms with Crippen molar-refractivity contribution in [1.29, 1.82) is 0 Å². The van der Waals surface area contributed by atoms with Crippen LogP contribution in [-0.2, 0) is 10.5 Å². The molecule has 0 bridgehead atoms. The van der Waals surface area contributed by atoms with Gasteiger partial charge in [0.15, 0.2) is 0 Å². The maximum Gasteiger partial charge on any atom is 0.212 e. The van der Waals surface area contributed by atoms with Gasteiger partial charge in [-0.1, -0.05) is 18.2 Å². The van der Waals surface area contributed by atoms with Crippen LogP contribution < -0.4 is 0 Å². The predicted molar refractivity (Wildman–Crippen MR) is 80.1 cm³/mol. The zero-order chi connectivity index (χ0) is 15.2. The quantitative estimate of drug-likeness (QED) is 0.564. The minimum absolute atomic E-state index is 0.0476. The van der Waals surface area contributed by atoms with Crippen LogP contribution in [0.25, 0.3) is 10.1 Å². The Morgan fingerprint density at radius 1 is 1.38 bits per heavy atom. The van der Waals surface area contributed by atoms with Gasteiger partial charge in [-0.2, -0.15) is 0 Å². The van der Waals surface area contributed by atoms with Crippen LogP contribution in [0.2, 0.25) is 0 Å². The van der Waals surface area contributed by atoms with Crippen LogP contribution in [0.1, 0.15) is 4.88 Å². The summed E-state index contributed by atoms with van der Waals surface area (Å²) >= 11 is 7.17. The van der Waals surface area contributed by atoms with Crippen molar-refractivity contribution >= 4 is 39.4 Å². The number of rotatable bonds is 2. The summed E-state index contributed by atoms with van der Waals surface area (Å²) in [6, 6.07) is 9.20. The van der Waals surface area contributed by atoms with Crippen LogP contribution in [0.15, 0.2) is 30.3 Å². The average Bonchev–Trinajstić information content (AvgIpc) is 2.93. The van der Waals surface area contributed by atoms with E-state index in [1.54, 1.807) is 6.07 Å². The van der Waals surface area contributed by atoms with E-state index in [0.29, 0.717) is 11.3 Å². The van der Waals surface area contributed by atoms with E-state index < -0.39 is 23.3 Å². The van der Waals surface area contributed by atoms with Gasteiger partial charge in [0.05, 0.1) is 10.3 Å². The first-order chi connectivity index (χ1) is 9.98. The van der Waals surface area contributed by atoms with Gasteiger partial charge in [-0.15, -0.1) is 22.9 Å². The minimum atomic E-state index is -1.98. The Morgan fingerprint density at radius 3 is 2.76 bits per heavy atom. The van der Waals surface area contributed by atoms with Gasteiger partial charge in [0.25, 0.3) is 0 Å². The normalized spacial score (nSPS) is 33.3. The Morgan fingerprint density at radius 2 is 2.10 bits per heavy atom. The molecule has 1 aliphatic heterocycles. The number of nitrogens with zero attached hydrogens (tertiary/aromatic N) is 1. The van der Waals surface area contributed by atoms with Crippen molar-refractivity contribution in [3.63, 3.8) is 0 Å². The van der Waals surface area contributed by atoms with Crippen molar-refractivity contribution in [3.8, 4) is 0 Å². The molecule has 3 N–H and O–H groups in total. The van der Waals surface area contributed by atoms with Crippen molar-refractivity contribution in [2.75, 3.05) is 6.54 Å². The lowest BCUT2D eigenvalue weighted by molar-refractivity contribution is -0.227. The first kappa shape index (κ1) is 14.7. The number of aliphatic hydroxyl groups excluding tert-OH is 2. The molecule has 21 heavy (non-hydrogen) atoms. The molecular formula is C14H14ClNO4S. The third-order valence-electron chi connectivity index (χ3n) is 3.83. The zero-order valence-electron chi connectivity index (χ0n) is 10.9. The molecule has 1 saturated heterocycles. The fraction of sp³-hybridized carbons (Fsp3) is 0.357. The molecule has 2 heterocycles. The summed E-state index contributed by atoms with van der Waals surface area (Å²) in [6.45, 7) is -0.0476. The lowest BCUT2D eigenvalue weighted by Crippen LogP contribution is -2.65. The first-order valence-corrected chi connectivity index (χ1v) is 7.67. The molecule has 4 unspecified atom stereocenters. The van der Waals surface area contributed by atoms with Gasteiger partial charge in [0.1, 0.15) is 12.2 Å². The topological polar surface area (TPSA) is 81.0 Å². The number of aliphatic hydroxyl groups is 3. The number of benzene rings is 1. The van der Waals surface area contributed by atoms with E-state index in [1.165, 1.54) is 11.3 Å². The molecule has 0 radical (unpaired) electrons. The summed E-state index contributed by atoms with van der Waals surface area (Å²) in [7, 11) is 0. The van der Waals surface area contributed by atoms with E-state index in [0.717, 1.165) is 15.0 Å². The van der Waals surface area contributed by atoms with Crippen LogP contribution in [0.5, 0.6) is 0 Å². The molecule has 0 aliphatic carbocycles. The Labute approximate surface area is 130 Å². The summed E-state index contributed by atoms with van der Waals surface area (Å²) in [5.74, 6) is 0. The van der Waals surface area contributed by atoms with Crippen LogP contribution >= 0.6 is 22.9 Å². The monoisotopic (exact) mass is 327 g/mol. The van der Waals surface area contributed by atoms with Crippen molar-refractivity contribution in [2.45, 2.75) is 23.3 Å². The Balaban J connectivity index is 2.13. The third-order valence-corrected chi connectivity index (χ3v) is 5.46. The van der Waals surface area contributed by atoms with Gasteiger partial charge >= 0.3 is 0 Å². The van der Waals surface area contributed by atoms with E-state index in [9.17, 15) is 20.1 Å². The molecule has 4 atom stereocenters. The van der Waals surface area contributed by atoms with E-state index >= 15 is 0 Å². The number of fused-ring (bicyclic) bond motifs is 1. The number of hydrogen-bond acceptors (Lipinski definition) is 5. The first-order valence-electron chi connectivity index (χ1n) is 6.42. The fourth-order valence-corrected chi connectivity index (χ4v) is 4.10. The Hall–Kier alpha value is -1.18. The van der Waals surface area contributed by atoms with Crippen molar-refractivity contribution in [2.24, 2.45) is 0 Å². The molecule has 1 aliphatic rings. The average molecular weight is 328 g/mol. The molecule has 112 valence electrons. The highest BCUT2D eigenvalue weighted by molar-refractivity contribution is 7.19. The highest BCUT2D eigenvalue weighted by atomic mass is 35.5. The largest absolute Gasteiger partial charge is 0.389 e. The molecule has 7 heteroatoms. The predicted octanol–water partition coefficient (Wildman–Crippen LogP) is 0.848. The highest BCUT2D eigenvalue weighted by Gasteiger charge is 2.53. The maximum atomic E-state index is 11.3. The van der Waals surface area contributed by atoms with E-state index in [1.807, 2.05) is 24.3 Å². The van der Waals surface area contributed by atoms with Crippen molar-refractivity contribution in [3.05, 3.63) is 35.2 Å². The number of piperidine rings is 1. The minimum Gasteiger partial charge on any atom is -0.389 e. The summed E-state index contributed by atoms with van der Waals surface area (Å²) in [5, 5.41) is 31.2. The van der Waals surface area contributed by atoms with Crippen LogP contribution in [0.3, 0.4) is 0 Å². The summed E-state index contributed by atoms with van der Waals surface area (Å²) in [6.07, 6.45) is -2.46. The second-order valence-electron chi connectivity index (χ2n) is 5.08. The number of alkyl halides is 1. The van der Waals surface area contributed by atoms with E-state index in [-0.39, 0.29) is 6.54 Å². The van der Waals surface area contributed by atoms with E-state index in [2.05, 4.69) is 0 Å². The fourth-order valence-electron chi connectivity index (χ4n) is 2.61. The molecular weight excluding hydrogens is 314 g/mol. The van der Waals surface area contributed by atoms with E-state index in [4.69, 9.17) is 11.6 Å². The second-order valence-corrected chi connectivity index (χ2v) is 6.73.